The molecule has 5 rings (SSSR count). The van der Waals surface area contributed by atoms with Crippen molar-refractivity contribution in [1.29, 1.82) is 0 Å². The summed E-state index contributed by atoms with van der Waals surface area (Å²) in [6.07, 6.45) is 1.43. The molecule has 0 N–H and O–H groups in total. The summed E-state index contributed by atoms with van der Waals surface area (Å²) < 4.78 is 13.4. The second-order valence-corrected chi connectivity index (χ2v) is 7.78. The number of piperidine rings is 1. The van der Waals surface area contributed by atoms with Gasteiger partial charge in [0.1, 0.15) is 5.52 Å². The van der Waals surface area contributed by atoms with E-state index in [9.17, 15) is 4.79 Å². The van der Waals surface area contributed by atoms with E-state index in [0.29, 0.717) is 51.3 Å². The zero-order valence-electron chi connectivity index (χ0n) is 16.5. The Labute approximate surface area is 169 Å². The molecule has 3 heterocycles. The SMILES string of the molecule is Cc1ccccc1Cn1nnc2cc(C(=O)N3CCC4(CC3)OCCO4)ccc21. The molecule has 3 aromatic rings. The fraction of sp³-hybridized carbons (Fsp3) is 0.409. The van der Waals surface area contributed by atoms with Crippen molar-refractivity contribution in [2.45, 2.75) is 32.1 Å². The molecule has 1 amide bonds. The Bertz CT molecular complexity index is 1050. The zero-order valence-corrected chi connectivity index (χ0v) is 16.5. The summed E-state index contributed by atoms with van der Waals surface area (Å²) >= 11 is 0. The van der Waals surface area contributed by atoms with Crippen molar-refractivity contribution in [1.82, 2.24) is 19.9 Å². The molecule has 1 aromatic heterocycles. The normalized spacial score (nSPS) is 18.6. The Morgan fingerprint density at radius 1 is 1.10 bits per heavy atom. The van der Waals surface area contributed by atoms with Gasteiger partial charge < -0.3 is 14.4 Å². The molecule has 1 spiro atoms. The van der Waals surface area contributed by atoms with Crippen LogP contribution in [0, 0.1) is 6.92 Å². The Hall–Kier alpha value is -2.77. The summed E-state index contributed by atoms with van der Waals surface area (Å²) in [4.78, 5) is 14.8. The number of aromatic nitrogens is 3. The highest BCUT2D eigenvalue weighted by molar-refractivity contribution is 5.97. The average Bonchev–Trinajstić information content (AvgIpc) is 3.37. The summed E-state index contributed by atoms with van der Waals surface area (Å²) in [6, 6.07) is 13.9. The third kappa shape index (κ3) is 3.41. The molecular weight excluding hydrogens is 368 g/mol. The van der Waals surface area contributed by atoms with Gasteiger partial charge in [0.2, 0.25) is 0 Å². The van der Waals surface area contributed by atoms with Crippen LogP contribution in [0.1, 0.15) is 34.3 Å². The Morgan fingerprint density at radius 3 is 2.62 bits per heavy atom. The number of hydrogen-bond acceptors (Lipinski definition) is 5. The van der Waals surface area contributed by atoms with Crippen LogP contribution in [-0.4, -0.2) is 57.9 Å². The van der Waals surface area contributed by atoms with Crippen molar-refractivity contribution in [3.05, 3.63) is 59.2 Å². The quantitative estimate of drug-likeness (QED) is 0.686. The van der Waals surface area contributed by atoms with Gasteiger partial charge in [-0.2, -0.15) is 0 Å². The van der Waals surface area contributed by atoms with Gasteiger partial charge in [0.05, 0.1) is 25.3 Å². The molecule has 29 heavy (non-hydrogen) atoms. The summed E-state index contributed by atoms with van der Waals surface area (Å²) in [6.45, 7) is 5.31. The number of likely N-dealkylation sites (tertiary alicyclic amines) is 1. The van der Waals surface area contributed by atoms with Crippen molar-refractivity contribution in [3.8, 4) is 0 Å². The fourth-order valence-corrected chi connectivity index (χ4v) is 4.19. The molecule has 0 unspecified atom stereocenters. The van der Waals surface area contributed by atoms with E-state index in [1.807, 2.05) is 39.9 Å². The largest absolute Gasteiger partial charge is 0.347 e. The van der Waals surface area contributed by atoms with Gasteiger partial charge in [0.15, 0.2) is 5.79 Å². The first kappa shape index (κ1) is 18.3. The van der Waals surface area contributed by atoms with Gasteiger partial charge in [0, 0.05) is 31.5 Å². The first-order valence-electron chi connectivity index (χ1n) is 10.1. The average molecular weight is 392 g/mol. The number of carbonyl (C=O) groups excluding carboxylic acids is 1. The summed E-state index contributed by atoms with van der Waals surface area (Å²) in [5, 5.41) is 8.59. The topological polar surface area (TPSA) is 69.5 Å². The van der Waals surface area contributed by atoms with Crippen molar-refractivity contribution in [2.24, 2.45) is 0 Å². The van der Waals surface area contributed by atoms with Gasteiger partial charge in [-0.05, 0) is 36.2 Å². The van der Waals surface area contributed by atoms with Crippen LogP contribution in [0.2, 0.25) is 0 Å². The highest BCUT2D eigenvalue weighted by Crippen LogP contribution is 2.32. The number of amides is 1. The van der Waals surface area contributed by atoms with E-state index in [-0.39, 0.29) is 5.91 Å². The molecule has 2 aliphatic heterocycles. The second kappa shape index (κ2) is 7.24. The van der Waals surface area contributed by atoms with E-state index in [2.05, 4.69) is 29.4 Å². The smallest absolute Gasteiger partial charge is 0.253 e. The minimum Gasteiger partial charge on any atom is -0.347 e. The monoisotopic (exact) mass is 392 g/mol. The third-order valence-electron chi connectivity index (χ3n) is 5.97. The van der Waals surface area contributed by atoms with Crippen molar-refractivity contribution < 1.29 is 14.3 Å². The predicted octanol–water partition coefficient (Wildman–Crippen LogP) is 2.77. The van der Waals surface area contributed by atoms with Crippen LogP contribution in [0.25, 0.3) is 11.0 Å². The second-order valence-electron chi connectivity index (χ2n) is 7.78. The first-order valence-corrected chi connectivity index (χ1v) is 10.1. The lowest BCUT2D eigenvalue weighted by atomic mass is 10.0. The zero-order chi connectivity index (χ0) is 19.8. The predicted molar refractivity (Wildman–Crippen MR) is 108 cm³/mol. The minimum absolute atomic E-state index is 0.0215. The maximum atomic E-state index is 13.0. The molecular formula is C22H24N4O3. The van der Waals surface area contributed by atoms with Gasteiger partial charge in [-0.1, -0.05) is 29.5 Å². The van der Waals surface area contributed by atoms with Gasteiger partial charge >= 0.3 is 0 Å². The number of hydrogen-bond donors (Lipinski definition) is 0. The molecule has 0 radical (unpaired) electrons. The summed E-state index contributed by atoms with van der Waals surface area (Å²) in [7, 11) is 0. The first-order chi connectivity index (χ1) is 14.1. The molecule has 2 aromatic carbocycles. The Morgan fingerprint density at radius 2 is 1.86 bits per heavy atom. The maximum Gasteiger partial charge on any atom is 0.253 e. The van der Waals surface area contributed by atoms with Crippen LogP contribution in [0.4, 0.5) is 0 Å². The standard InChI is InChI=1S/C22H24N4O3/c1-16-4-2-3-5-18(16)15-26-20-7-6-17(14-19(20)23-24-26)21(27)25-10-8-22(9-11-25)28-12-13-29-22/h2-7,14H,8-13,15H2,1H3. The number of benzene rings is 2. The van der Waals surface area contributed by atoms with Crippen molar-refractivity contribution >= 4 is 16.9 Å². The lowest BCUT2D eigenvalue weighted by molar-refractivity contribution is -0.181. The van der Waals surface area contributed by atoms with Crippen LogP contribution < -0.4 is 0 Å². The van der Waals surface area contributed by atoms with Crippen LogP contribution >= 0.6 is 0 Å². The number of rotatable bonds is 3. The number of fused-ring (bicyclic) bond motifs is 1. The molecule has 0 bridgehead atoms. The highest BCUT2D eigenvalue weighted by atomic mass is 16.7. The maximum absolute atomic E-state index is 13.0. The molecule has 7 heteroatoms. The number of carbonyl (C=O) groups is 1. The van der Waals surface area contributed by atoms with Crippen LogP contribution in [0.5, 0.6) is 0 Å². The van der Waals surface area contributed by atoms with Crippen LogP contribution in [0.3, 0.4) is 0 Å². The molecule has 0 atom stereocenters. The number of ether oxygens (including phenoxy) is 2. The van der Waals surface area contributed by atoms with Crippen LogP contribution in [0.15, 0.2) is 42.5 Å². The molecule has 0 saturated carbocycles. The van der Waals surface area contributed by atoms with Crippen molar-refractivity contribution in [3.63, 3.8) is 0 Å². The van der Waals surface area contributed by atoms with E-state index in [1.54, 1.807) is 0 Å². The number of nitrogens with zero attached hydrogens (tertiary/aromatic N) is 4. The molecule has 7 nitrogen and oxygen atoms in total. The summed E-state index contributed by atoms with van der Waals surface area (Å²) in [5.41, 5.74) is 4.74. The molecule has 2 saturated heterocycles. The number of aryl methyl sites for hydroxylation is 1. The minimum atomic E-state index is -0.473. The fourth-order valence-electron chi connectivity index (χ4n) is 4.19. The van der Waals surface area contributed by atoms with Crippen molar-refractivity contribution in [2.75, 3.05) is 26.3 Å². The van der Waals surface area contributed by atoms with E-state index in [1.165, 1.54) is 11.1 Å². The molecule has 0 aliphatic carbocycles. The summed E-state index contributed by atoms with van der Waals surface area (Å²) in [5.74, 6) is -0.452. The van der Waals surface area contributed by atoms with Gasteiger partial charge in [-0.25, -0.2) is 4.68 Å². The van der Waals surface area contributed by atoms with E-state index < -0.39 is 5.79 Å². The molecule has 2 fully saturated rings. The lowest BCUT2D eigenvalue weighted by Gasteiger charge is -2.37. The molecule has 2 aliphatic rings. The van der Waals surface area contributed by atoms with E-state index in [4.69, 9.17) is 9.47 Å². The third-order valence-corrected chi connectivity index (χ3v) is 5.97. The highest BCUT2D eigenvalue weighted by Gasteiger charge is 2.40. The van der Waals surface area contributed by atoms with E-state index >= 15 is 0 Å². The Kier molecular flexibility index (Phi) is 4.56. The lowest BCUT2D eigenvalue weighted by Crippen LogP contribution is -2.47. The van der Waals surface area contributed by atoms with Gasteiger partial charge in [-0.3, -0.25) is 4.79 Å². The Balaban J connectivity index is 1.33. The van der Waals surface area contributed by atoms with Gasteiger partial charge in [0.25, 0.3) is 5.91 Å². The van der Waals surface area contributed by atoms with E-state index in [0.717, 1.165) is 11.0 Å². The van der Waals surface area contributed by atoms with Gasteiger partial charge in [-0.15, -0.1) is 5.10 Å². The van der Waals surface area contributed by atoms with Crippen LogP contribution in [-0.2, 0) is 16.0 Å². The molecule has 150 valence electrons.